The second-order valence-electron chi connectivity index (χ2n) is 4.03. The Hall–Kier alpha value is -0.920. The van der Waals surface area contributed by atoms with E-state index < -0.39 is 10.0 Å². The fourth-order valence-corrected chi connectivity index (χ4v) is 2.75. The zero-order valence-corrected chi connectivity index (χ0v) is 11.0. The number of aromatic nitrogens is 2. The summed E-state index contributed by atoms with van der Waals surface area (Å²) in [5.41, 5.74) is 5.55. The molecule has 17 heavy (non-hydrogen) atoms. The van der Waals surface area contributed by atoms with Crippen molar-refractivity contribution in [2.45, 2.75) is 44.2 Å². The fourth-order valence-electron chi connectivity index (χ4n) is 1.49. The number of sulfonamides is 1. The van der Waals surface area contributed by atoms with E-state index in [9.17, 15) is 8.42 Å². The highest BCUT2D eigenvalue weighted by molar-refractivity contribution is 7.89. The number of nitrogens with one attached hydrogen (secondary N) is 2. The highest BCUT2D eigenvalue weighted by Gasteiger charge is 2.20. The largest absolute Gasteiger partial charge is 0.332 e. The van der Waals surface area contributed by atoms with Crippen LogP contribution in [0.5, 0.6) is 0 Å². The molecule has 0 aliphatic heterocycles. The lowest BCUT2D eigenvalue weighted by Gasteiger charge is -2.15. The van der Waals surface area contributed by atoms with Gasteiger partial charge in [-0.15, -0.1) is 0 Å². The molecule has 0 aliphatic carbocycles. The summed E-state index contributed by atoms with van der Waals surface area (Å²) in [5, 5.41) is 0.0879. The van der Waals surface area contributed by atoms with Gasteiger partial charge in [0.1, 0.15) is 5.82 Å². The van der Waals surface area contributed by atoms with Gasteiger partial charge in [-0.25, -0.2) is 18.1 Å². The van der Waals surface area contributed by atoms with Gasteiger partial charge in [-0.2, -0.15) is 0 Å². The van der Waals surface area contributed by atoms with E-state index in [1.807, 2.05) is 0 Å². The summed E-state index contributed by atoms with van der Waals surface area (Å²) < 4.78 is 26.5. The zero-order chi connectivity index (χ0) is 12.9. The van der Waals surface area contributed by atoms with Crippen molar-refractivity contribution in [2.24, 2.45) is 5.73 Å². The van der Waals surface area contributed by atoms with Crippen molar-refractivity contribution in [3.05, 3.63) is 12.0 Å². The summed E-state index contributed by atoms with van der Waals surface area (Å²) in [4.78, 5) is 6.57. The molecule has 0 aromatic carbocycles. The first-order valence-corrected chi connectivity index (χ1v) is 7.22. The monoisotopic (exact) mass is 260 g/mol. The third-order valence-electron chi connectivity index (χ3n) is 2.48. The van der Waals surface area contributed by atoms with Crippen LogP contribution in [0.25, 0.3) is 0 Å². The number of H-pyrrole nitrogens is 1. The van der Waals surface area contributed by atoms with Gasteiger partial charge in [0.05, 0.1) is 6.20 Å². The minimum atomic E-state index is -3.53. The first-order valence-electron chi connectivity index (χ1n) is 5.73. The summed E-state index contributed by atoms with van der Waals surface area (Å²) in [5.74, 6) is 0.572. The van der Waals surface area contributed by atoms with E-state index in [0.717, 1.165) is 19.3 Å². The Labute approximate surface area is 102 Å². The second kappa shape index (κ2) is 6.13. The Bertz CT molecular complexity index is 441. The average molecular weight is 260 g/mol. The van der Waals surface area contributed by atoms with Crippen molar-refractivity contribution in [1.29, 1.82) is 0 Å². The Kier molecular flexibility index (Phi) is 5.10. The SMILES string of the molecule is CCCCC(CN)NS(=O)(=O)c1cnc(C)[nH]1. The van der Waals surface area contributed by atoms with E-state index in [4.69, 9.17) is 5.73 Å². The van der Waals surface area contributed by atoms with Crippen LogP contribution in [-0.4, -0.2) is 31.0 Å². The predicted octanol–water partition coefficient (Wildman–Crippen LogP) is 0.514. The molecule has 1 atom stereocenters. The Balaban J connectivity index is 2.71. The third kappa shape index (κ3) is 4.10. The van der Waals surface area contributed by atoms with Gasteiger partial charge in [0.25, 0.3) is 10.0 Å². The van der Waals surface area contributed by atoms with Crippen LogP contribution in [0.15, 0.2) is 11.2 Å². The molecular formula is C10H20N4O2S. The minimum absolute atomic E-state index is 0.0879. The number of hydrogen-bond acceptors (Lipinski definition) is 4. The minimum Gasteiger partial charge on any atom is -0.332 e. The number of hydrogen-bond donors (Lipinski definition) is 3. The van der Waals surface area contributed by atoms with Gasteiger partial charge in [-0.05, 0) is 13.3 Å². The maximum absolute atomic E-state index is 11.9. The van der Waals surface area contributed by atoms with Crippen LogP contribution in [0.1, 0.15) is 32.0 Å². The number of rotatable bonds is 7. The fraction of sp³-hybridized carbons (Fsp3) is 0.700. The summed E-state index contributed by atoms with van der Waals surface area (Å²) in [6.07, 6.45) is 4.03. The zero-order valence-electron chi connectivity index (χ0n) is 10.2. The van der Waals surface area contributed by atoms with Crippen molar-refractivity contribution >= 4 is 10.0 Å². The number of nitrogens with zero attached hydrogens (tertiary/aromatic N) is 1. The molecule has 1 rings (SSSR count). The van der Waals surface area contributed by atoms with Crippen molar-refractivity contribution in [3.8, 4) is 0 Å². The van der Waals surface area contributed by atoms with Crippen LogP contribution in [-0.2, 0) is 10.0 Å². The first-order chi connectivity index (χ1) is 7.99. The molecule has 98 valence electrons. The summed E-state index contributed by atoms with van der Waals surface area (Å²) in [7, 11) is -3.53. The summed E-state index contributed by atoms with van der Waals surface area (Å²) in [6, 6.07) is -0.219. The molecule has 1 heterocycles. The highest BCUT2D eigenvalue weighted by Crippen LogP contribution is 2.08. The maximum atomic E-state index is 11.9. The highest BCUT2D eigenvalue weighted by atomic mass is 32.2. The number of unbranched alkanes of at least 4 members (excludes halogenated alkanes) is 1. The molecular weight excluding hydrogens is 240 g/mol. The Morgan fingerprint density at radius 3 is 2.76 bits per heavy atom. The molecule has 0 saturated carbocycles. The molecule has 0 amide bonds. The van der Waals surface area contributed by atoms with Crippen LogP contribution in [0, 0.1) is 6.92 Å². The van der Waals surface area contributed by atoms with Gasteiger partial charge >= 0.3 is 0 Å². The van der Waals surface area contributed by atoms with E-state index in [0.29, 0.717) is 12.4 Å². The topological polar surface area (TPSA) is 101 Å². The van der Waals surface area contributed by atoms with Crippen LogP contribution >= 0.6 is 0 Å². The van der Waals surface area contributed by atoms with Crippen LogP contribution in [0.4, 0.5) is 0 Å². The van der Waals surface area contributed by atoms with Crippen molar-refractivity contribution in [3.63, 3.8) is 0 Å². The van der Waals surface area contributed by atoms with E-state index in [-0.39, 0.29) is 11.1 Å². The van der Waals surface area contributed by atoms with Crippen LogP contribution < -0.4 is 10.5 Å². The number of imidazole rings is 1. The molecule has 4 N–H and O–H groups in total. The first kappa shape index (κ1) is 14.1. The normalized spacial score (nSPS) is 13.8. The van der Waals surface area contributed by atoms with Gasteiger partial charge in [-0.1, -0.05) is 19.8 Å². The van der Waals surface area contributed by atoms with Gasteiger partial charge in [0, 0.05) is 12.6 Å². The number of nitrogens with two attached hydrogens (primary N) is 1. The maximum Gasteiger partial charge on any atom is 0.257 e. The van der Waals surface area contributed by atoms with E-state index in [1.54, 1.807) is 6.92 Å². The van der Waals surface area contributed by atoms with Crippen molar-refractivity contribution in [2.75, 3.05) is 6.54 Å². The van der Waals surface area contributed by atoms with Crippen LogP contribution in [0.2, 0.25) is 0 Å². The Morgan fingerprint density at radius 1 is 1.59 bits per heavy atom. The van der Waals surface area contributed by atoms with Crippen LogP contribution in [0.3, 0.4) is 0 Å². The third-order valence-corrected chi connectivity index (χ3v) is 3.91. The van der Waals surface area contributed by atoms with Crippen molar-refractivity contribution < 1.29 is 8.42 Å². The van der Waals surface area contributed by atoms with Gasteiger partial charge < -0.3 is 10.7 Å². The molecule has 6 nitrogen and oxygen atoms in total. The molecule has 1 unspecified atom stereocenters. The van der Waals surface area contributed by atoms with Gasteiger partial charge in [0.15, 0.2) is 5.03 Å². The summed E-state index contributed by atoms with van der Waals surface area (Å²) in [6.45, 7) is 4.06. The quantitative estimate of drug-likeness (QED) is 0.665. The molecule has 0 spiro atoms. The molecule has 0 saturated heterocycles. The Morgan fingerprint density at radius 2 is 2.29 bits per heavy atom. The molecule has 0 radical (unpaired) electrons. The van der Waals surface area contributed by atoms with E-state index in [1.165, 1.54) is 6.20 Å². The number of aromatic amines is 1. The lowest BCUT2D eigenvalue weighted by molar-refractivity contribution is 0.514. The lowest BCUT2D eigenvalue weighted by atomic mass is 10.1. The number of aryl methyl sites for hydroxylation is 1. The molecule has 0 fully saturated rings. The standard InChI is InChI=1S/C10H20N4O2S/c1-3-4-5-9(6-11)14-17(15,16)10-7-12-8(2)13-10/h7,9,14H,3-6,11H2,1-2H3,(H,12,13). The predicted molar refractivity (Wildman–Crippen MR) is 66.0 cm³/mol. The van der Waals surface area contributed by atoms with Gasteiger partial charge in [0.2, 0.25) is 0 Å². The molecule has 7 heteroatoms. The molecule has 0 bridgehead atoms. The second-order valence-corrected chi connectivity index (χ2v) is 5.71. The van der Waals surface area contributed by atoms with E-state index in [2.05, 4.69) is 21.6 Å². The average Bonchev–Trinajstić information content (AvgIpc) is 2.71. The molecule has 1 aromatic rings. The lowest BCUT2D eigenvalue weighted by Crippen LogP contribution is -2.40. The summed E-state index contributed by atoms with van der Waals surface area (Å²) >= 11 is 0. The molecule has 0 aliphatic rings. The smallest absolute Gasteiger partial charge is 0.257 e. The molecule has 1 aromatic heterocycles. The van der Waals surface area contributed by atoms with Gasteiger partial charge in [-0.3, -0.25) is 0 Å². The van der Waals surface area contributed by atoms with E-state index >= 15 is 0 Å². The van der Waals surface area contributed by atoms with Crippen molar-refractivity contribution in [1.82, 2.24) is 14.7 Å².